The lowest BCUT2D eigenvalue weighted by Crippen LogP contribution is -2.06. The minimum atomic E-state index is -3.79. The van der Waals surface area contributed by atoms with Gasteiger partial charge < -0.3 is 4.74 Å². The van der Waals surface area contributed by atoms with Crippen LogP contribution in [0.15, 0.2) is 11.1 Å². The molecule has 0 aliphatic carbocycles. The van der Waals surface area contributed by atoms with Crippen molar-refractivity contribution in [2.45, 2.75) is 51.3 Å². The molecule has 0 aliphatic rings. The van der Waals surface area contributed by atoms with Gasteiger partial charge in [0.2, 0.25) is 0 Å². The maximum absolute atomic E-state index is 11.4. The third-order valence-corrected chi connectivity index (χ3v) is 3.48. The van der Waals surface area contributed by atoms with Crippen molar-refractivity contribution in [2.24, 2.45) is 0 Å². The van der Waals surface area contributed by atoms with Crippen LogP contribution in [0.1, 0.15) is 39.4 Å². The van der Waals surface area contributed by atoms with E-state index < -0.39 is 9.05 Å². The lowest BCUT2D eigenvalue weighted by Gasteiger charge is -2.06. The van der Waals surface area contributed by atoms with Crippen LogP contribution in [0.25, 0.3) is 0 Å². The normalized spacial score (nSPS) is 12.6. The Bertz CT molecular complexity index is 480. The van der Waals surface area contributed by atoms with Gasteiger partial charge in [-0.05, 0) is 27.7 Å². The fraction of sp³-hybridized carbons (Fsp3) is 0.700. The third kappa shape index (κ3) is 3.97. The molecule has 0 unspecified atom stereocenters. The fourth-order valence-corrected chi connectivity index (χ4v) is 2.23. The lowest BCUT2D eigenvalue weighted by molar-refractivity contribution is 0.0619. The lowest BCUT2D eigenvalue weighted by atomic mass is 10.4. The summed E-state index contributed by atoms with van der Waals surface area (Å²) in [6.45, 7) is 7.69. The Morgan fingerprint density at radius 2 is 2.00 bits per heavy atom. The van der Waals surface area contributed by atoms with Gasteiger partial charge in [0.15, 0.2) is 0 Å². The Kier molecular flexibility index (Phi) is 4.57. The third-order valence-electron chi connectivity index (χ3n) is 2.12. The highest BCUT2D eigenvalue weighted by Crippen LogP contribution is 2.21. The van der Waals surface area contributed by atoms with Gasteiger partial charge in [0.25, 0.3) is 9.05 Å². The molecule has 0 spiro atoms. The second kappa shape index (κ2) is 5.37. The second-order valence-corrected chi connectivity index (χ2v) is 6.85. The van der Waals surface area contributed by atoms with E-state index in [1.54, 1.807) is 4.68 Å². The van der Waals surface area contributed by atoms with E-state index in [4.69, 9.17) is 15.4 Å². The van der Waals surface area contributed by atoms with Crippen molar-refractivity contribution in [3.8, 4) is 0 Å². The molecule has 1 heterocycles. The van der Waals surface area contributed by atoms with Crippen LogP contribution in [0.4, 0.5) is 0 Å². The van der Waals surface area contributed by atoms with Crippen molar-refractivity contribution in [1.82, 2.24) is 9.78 Å². The predicted octanol–water partition coefficient (Wildman–Crippen LogP) is 2.32. The van der Waals surface area contributed by atoms with Gasteiger partial charge >= 0.3 is 0 Å². The Labute approximate surface area is 106 Å². The van der Waals surface area contributed by atoms with Crippen LogP contribution in [0.2, 0.25) is 0 Å². The van der Waals surface area contributed by atoms with E-state index in [-0.39, 0.29) is 23.6 Å². The molecular formula is C10H17ClN2O3S. The molecule has 5 nitrogen and oxygen atoms in total. The molecule has 0 saturated carbocycles. The average Bonchev–Trinajstić information content (AvgIpc) is 2.57. The van der Waals surface area contributed by atoms with Crippen molar-refractivity contribution in [3.63, 3.8) is 0 Å². The summed E-state index contributed by atoms with van der Waals surface area (Å²) in [5.74, 6) is 0. The van der Waals surface area contributed by atoms with Crippen LogP contribution < -0.4 is 0 Å². The summed E-state index contributed by atoms with van der Waals surface area (Å²) in [4.78, 5) is 0.0218. The zero-order valence-electron chi connectivity index (χ0n) is 10.3. The average molecular weight is 281 g/mol. The molecule has 17 heavy (non-hydrogen) atoms. The molecule has 0 fully saturated rings. The first-order valence-corrected chi connectivity index (χ1v) is 7.67. The Morgan fingerprint density at radius 1 is 1.41 bits per heavy atom. The van der Waals surface area contributed by atoms with Gasteiger partial charge in [-0.2, -0.15) is 5.10 Å². The van der Waals surface area contributed by atoms with Crippen molar-refractivity contribution < 1.29 is 13.2 Å². The molecule has 1 aromatic rings. The van der Waals surface area contributed by atoms with E-state index in [9.17, 15) is 8.42 Å². The number of hydrogen-bond acceptors (Lipinski definition) is 4. The zero-order valence-corrected chi connectivity index (χ0v) is 11.9. The van der Waals surface area contributed by atoms with Gasteiger partial charge in [0.1, 0.15) is 10.6 Å². The number of hydrogen-bond donors (Lipinski definition) is 0. The van der Waals surface area contributed by atoms with Crippen molar-refractivity contribution >= 4 is 19.7 Å². The Balaban J connectivity index is 3.09. The van der Waals surface area contributed by atoms with Gasteiger partial charge in [-0.15, -0.1) is 0 Å². The predicted molar refractivity (Wildman–Crippen MR) is 65.6 cm³/mol. The molecule has 0 aromatic carbocycles. The minimum absolute atomic E-state index is 0.00470. The number of ether oxygens (including phenoxy) is 1. The first-order chi connectivity index (χ1) is 7.71. The van der Waals surface area contributed by atoms with Crippen LogP contribution in [0, 0.1) is 0 Å². The highest BCUT2D eigenvalue weighted by molar-refractivity contribution is 8.13. The van der Waals surface area contributed by atoms with E-state index in [1.807, 2.05) is 27.7 Å². The number of nitrogens with zero attached hydrogens (tertiary/aromatic N) is 2. The first kappa shape index (κ1) is 14.5. The summed E-state index contributed by atoms with van der Waals surface area (Å²) in [6, 6.07) is 0.0694. The second-order valence-electron chi connectivity index (χ2n) is 4.31. The van der Waals surface area contributed by atoms with E-state index in [2.05, 4.69) is 5.10 Å². The minimum Gasteiger partial charge on any atom is -0.372 e. The number of halogens is 1. The van der Waals surface area contributed by atoms with Gasteiger partial charge in [-0.3, -0.25) is 4.68 Å². The van der Waals surface area contributed by atoms with Crippen molar-refractivity contribution in [2.75, 3.05) is 0 Å². The molecule has 0 saturated heterocycles. The maximum atomic E-state index is 11.4. The van der Waals surface area contributed by atoms with E-state index in [0.29, 0.717) is 5.69 Å². The van der Waals surface area contributed by atoms with Crippen LogP contribution >= 0.6 is 10.7 Å². The summed E-state index contributed by atoms with van der Waals surface area (Å²) in [5, 5.41) is 4.18. The molecule has 1 rings (SSSR count). The van der Waals surface area contributed by atoms with Gasteiger partial charge in [-0.25, -0.2) is 8.42 Å². The molecule has 0 bridgehead atoms. The van der Waals surface area contributed by atoms with Crippen molar-refractivity contribution in [3.05, 3.63) is 11.9 Å². The molecule has 0 atom stereocenters. The number of aromatic nitrogens is 2. The standard InChI is InChI=1S/C10H17ClN2O3S/c1-7(2)13-5-10(17(11,14)15)9(12-13)6-16-8(3)4/h5,7-8H,6H2,1-4H3. The zero-order chi connectivity index (χ0) is 13.2. The molecule has 0 N–H and O–H groups in total. The summed E-state index contributed by atoms with van der Waals surface area (Å²) in [7, 11) is 1.58. The quantitative estimate of drug-likeness (QED) is 0.777. The smallest absolute Gasteiger partial charge is 0.264 e. The van der Waals surface area contributed by atoms with Crippen LogP contribution in [-0.2, 0) is 20.4 Å². The SMILES string of the molecule is CC(C)OCc1nn(C(C)C)cc1S(=O)(=O)Cl. The maximum Gasteiger partial charge on any atom is 0.264 e. The topological polar surface area (TPSA) is 61.2 Å². The van der Waals surface area contributed by atoms with Crippen LogP contribution in [0.3, 0.4) is 0 Å². The summed E-state index contributed by atoms with van der Waals surface area (Å²) in [6.07, 6.45) is 1.44. The van der Waals surface area contributed by atoms with E-state index in [1.165, 1.54) is 6.20 Å². The van der Waals surface area contributed by atoms with Crippen LogP contribution in [-0.4, -0.2) is 24.3 Å². The van der Waals surface area contributed by atoms with E-state index >= 15 is 0 Å². The molecule has 1 aromatic heterocycles. The number of rotatable bonds is 5. The molecular weight excluding hydrogens is 264 g/mol. The highest BCUT2D eigenvalue weighted by atomic mass is 35.7. The monoisotopic (exact) mass is 280 g/mol. The summed E-state index contributed by atoms with van der Waals surface area (Å²) < 4.78 is 29.7. The summed E-state index contributed by atoms with van der Waals surface area (Å²) >= 11 is 0. The largest absolute Gasteiger partial charge is 0.372 e. The highest BCUT2D eigenvalue weighted by Gasteiger charge is 2.21. The van der Waals surface area contributed by atoms with Gasteiger partial charge in [0.05, 0.1) is 12.7 Å². The Morgan fingerprint density at radius 3 is 2.41 bits per heavy atom. The molecule has 0 aliphatic heterocycles. The molecule has 0 radical (unpaired) electrons. The molecule has 7 heteroatoms. The molecule has 98 valence electrons. The van der Waals surface area contributed by atoms with Gasteiger partial charge in [0, 0.05) is 22.9 Å². The fourth-order valence-electron chi connectivity index (χ4n) is 1.23. The first-order valence-electron chi connectivity index (χ1n) is 5.36. The Hall–Kier alpha value is -0.590. The van der Waals surface area contributed by atoms with Crippen molar-refractivity contribution in [1.29, 1.82) is 0 Å². The van der Waals surface area contributed by atoms with Crippen LogP contribution in [0.5, 0.6) is 0 Å². The molecule has 0 amide bonds. The summed E-state index contributed by atoms with van der Waals surface area (Å²) in [5.41, 5.74) is 0.349. The van der Waals surface area contributed by atoms with Gasteiger partial charge in [-0.1, -0.05) is 0 Å². The van der Waals surface area contributed by atoms with E-state index in [0.717, 1.165) is 0 Å².